The van der Waals surface area contributed by atoms with Crippen molar-refractivity contribution in [3.8, 4) is 18.1 Å². The van der Waals surface area contributed by atoms with Crippen LogP contribution in [0.25, 0.3) is 0 Å². The van der Waals surface area contributed by atoms with Crippen molar-refractivity contribution in [1.82, 2.24) is 10.2 Å². The highest BCUT2D eigenvalue weighted by molar-refractivity contribution is 6.32. The van der Waals surface area contributed by atoms with Crippen LogP contribution in [0.3, 0.4) is 0 Å². The molecule has 1 N–H and O–H groups in total. The number of ether oxygens (including phenoxy) is 1. The first-order valence-electron chi connectivity index (χ1n) is 8.10. The van der Waals surface area contributed by atoms with Gasteiger partial charge in [-0.3, -0.25) is 9.69 Å². The molecule has 1 aromatic rings. The second-order valence-corrected chi connectivity index (χ2v) is 6.45. The number of carbonyl (C=O) groups excluding carboxylic acids is 1. The van der Waals surface area contributed by atoms with E-state index < -0.39 is 0 Å². The number of terminal acetylenes is 1. The molecule has 122 valence electrons. The van der Waals surface area contributed by atoms with Crippen LogP contribution in [-0.2, 0) is 4.79 Å². The van der Waals surface area contributed by atoms with E-state index in [1.54, 1.807) is 6.07 Å². The molecule has 3 rings (SSSR count). The van der Waals surface area contributed by atoms with E-state index in [9.17, 15) is 4.79 Å². The fourth-order valence-corrected chi connectivity index (χ4v) is 3.64. The van der Waals surface area contributed by atoms with Gasteiger partial charge in [0.1, 0.15) is 5.75 Å². The Morgan fingerprint density at radius 2 is 2.30 bits per heavy atom. The maximum atomic E-state index is 12.8. The van der Waals surface area contributed by atoms with Gasteiger partial charge >= 0.3 is 0 Å². The van der Waals surface area contributed by atoms with Gasteiger partial charge in [-0.1, -0.05) is 36.1 Å². The van der Waals surface area contributed by atoms with Gasteiger partial charge in [0.05, 0.1) is 30.3 Å². The second kappa shape index (κ2) is 7.25. The molecule has 2 heterocycles. The summed E-state index contributed by atoms with van der Waals surface area (Å²) in [6.07, 6.45) is 9.21. The third kappa shape index (κ3) is 3.46. The Labute approximate surface area is 142 Å². The van der Waals surface area contributed by atoms with Crippen LogP contribution in [-0.4, -0.2) is 36.5 Å². The molecule has 1 fully saturated rings. The number of fused-ring (bicyclic) bond motifs is 1. The fourth-order valence-electron chi connectivity index (χ4n) is 3.40. The quantitative estimate of drug-likeness (QED) is 0.865. The smallest absolute Gasteiger partial charge is 0.237 e. The Morgan fingerprint density at radius 1 is 1.43 bits per heavy atom. The molecular weight excluding hydrogens is 312 g/mol. The lowest BCUT2D eigenvalue weighted by Gasteiger charge is -2.35. The second-order valence-electron chi connectivity index (χ2n) is 6.04. The van der Waals surface area contributed by atoms with Crippen molar-refractivity contribution < 1.29 is 9.53 Å². The number of nitrogens with zero attached hydrogens (tertiary/aromatic N) is 1. The standard InChI is InChI=1S/C18H21ClN2O2/c1-2-10-21-11-4-3-8-16(21)18(22)20-15-9-12-23-17-13(15)6-5-7-14(17)19/h1,5-7,15-16H,3-4,8-12H2,(H,20,22)/t15-,16-/m0/s1. The zero-order chi connectivity index (χ0) is 16.2. The molecule has 4 nitrogen and oxygen atoms in total. The van der Waals surface area contributed by atoms with Gasteiger partial charge in [0.2, 0.25) is 5.91 Å². The van der Waals surface area contributed by atoms with Crippen LogP contribution < -0.4 is 10.1 Å². The van der Waals surface area contributed by atoms with E-state index in [-0.39, 0.29) is 18.0 Å². The molecule has 1 saturated heterocycles. The molecule has 0 unspecified atom stereocenters. The van der Waals surface area contributed by atoms with Crippen LogP contribution in [0.4, 0.5) is 0 Å². The molecule has 5 heteroatoms. The first kappa shape index (κ1) is 16.2. The molecule has 1 amide bonds. The van der Waals surface area contributed by atoms with Crippen LogP contribution >= 0.6 is 11.6 Å². The number of piperidine rings is 1. The number of likely N-dealkylation sites (tertiary alicyclic amines) is 1. The van der Waals surface area contributed by atoms with E-state index in [0.29, 0.717) is 23.9 Å². The zero-order valence-electron chi connectivity index (χ0n) is 13.1. The molecule has 0 aromatic heterocycles. The summed E-state index contributed by atoms with van der Waals surface area (Å²) in [5.41, 5.74) is 0.955. The molecule has 23 heavy (non-hydrogen) atoms. The fraction of sp³-hybridized carbons (Fsp3) is 0.500. The summed E-state index contributed by atoms with van der Waals surface area (Å²) in [4.78, 5) is 14.8. The van der Waals surface area contributed by atoms with Crippen molar-refractivity contribution >= 4 is 17.5 Å². The SMILES string of the molecule is C#CCN1CCCC[C@H]1C(=O)N[C@H]1CCOc2c(Cl)cccc21. The highest BCUT2D eigenvalue weighted by atomic mass is 35.5. The first-order valence-corrected chi connectivity index (χ1v) is 8.47. The van der Waals surface area contributed by atoms with Gasteiger partial charge in [0.15, 0.2) is 0 Å². The Balaban J connectivity index is 1.74. The first-order chi connectivity index (χ1) is 11.2. The Morgan fingerprint density at radius 3 is 3.13 bits per heavy atom. The maximum absolute atomic E-state index is 12.8. The van der Waals surface area contributed by atoms with E-state index in [4.69, 9.17) is 22.8 Å². The van der Waals surface area contributed by atoms with Crippen molar-refractivity contribution in [2.45, 2.75) is 37.8 Å². The predicted octanol–water partition coefficient (Wildman–Crippen LogP) is 2.77. The minimum absolute atomic E-state index is 0.0535. The Kier molecular flexibility index (Phi) is 5.09. The molecule has 1 aromatic carbocycles. The number of hydrogen-bond donors (Lipinski definition) is 1. The molecule has 2 aliphatic rings. The summed E-state index contributed by atoms with van der Waals surface area (Å²) in [5.74, 6) is 3.40. The Bertz CT molecular complexity index is 626. The van der Waals surface area contributed by atoms with Gasteiger partial charge in [0.25, 0.3) is 0 Å². The predicted molar refractivity (Wildman–Crippen MR) is 90.5 cm³/mol. The summed E-state index contributed by atoms with van der Waals surface area (Å²) in [6, 6.07) is 5.47. The number of hydrogen-bond acceptors (Lipinski definition) is 3. The zero-order valence-corrected chi connectivity index (χ0v) is 13.8. The summed E-state index contributed by atoms with van der Waals surface area (Å²) < 4.78 is 5.65. The van der Waals surface area contributed by atoms with E-state index in [2.05, 4.69) is 16.1 Å². The Hall–Kier alpha value is -1.70. The third-order valence-electron chi connectivity index (χ3n) is 4.55. The van der Waals surface area contributed by atoms with E-state index in [0.717, 1.165) is 37.8 Å². The molecule has 2 atom stereocenters. The average molecular weight is 333 g/mol. The monoisotopic (exact) mass is 332 g/mol. The molecular formula is C18H21ClN2O2. The number of carbonyl (C=O) groups is 1. The normalized spacial score (nSPS) is 24.2. The number of amides is 1. The van der Waals surface area contributed by atoms with Gasteiger partial charge < -0.3 is 10.1 Å². The van der Waals surface area contributed by atoms with Gasteiger partial charge in [-0.15, -0.1) is 6.42 Å². The lowest BCUT2D eigenvalue weighted by Crippen LogP contribution is -2.50. The molecule has 0 bridgehead atoms. The van der Waals surface area contributed by atoms with Gasteiger partial charge in [0, 0.05) is 12.0 Å². The molecule has 0 spiro atoms. The van der Waals surface area contributed by atoms with Gasteiger partial charge in [-0.05, 0) is 25.5 Å². The summed E-state index contributed by atoms with van der Waals surface area (Å²) in [7, 11) is 0. The van der Waals surface area contributed by atoms with Crippen LogP contribution in [0.2, 0.25) is 5.02 Å². The van der Waals surface area contributed by atoms with Crippen LogP contribution in [0.5, 0.6) is 5.75 Å². The van der Waals surface area contributed by atoms with Crippen molar-refractivity contribution in [1.29, 1.82) is 0 Å². The third-order valence-corrected chi connectivity index (χ3v) is 4.85. The summed E-state index contributed by atoms with van der Waals surface area (Å²) in [6.45, 7) is 1.97. The highest BCUT2D eigenvalue weighted by Crippen LogP contribution is 2.37. The van der Waals surface area contributed by atoms with Crippen molar-refractivity contribution in [2.75, 3.05) is 19.7 Å². The lowest BCUT2D eigenvalue weighted by atomic mass is 9.97. The van der Waals surface area contributed by atoms with Crippen molar-refractivity contribution in [2.24, 2.45) is 0 Å². The van der Waals surface area contributed by atoms with Gasteiger partial charge in [-0.25, -0.2) is 0 Å². The number of halogens is 1. The van der Waals surface area contributed by atoms with Crippen LogP contribution in [0, 0.1) is 12.3 Å². The minimum atomic E-state index is -0.134. The summed E-state index contributed by atoms with van der Waals surface area (Å²) in [5, 5.41) is 3.76. The molecule has 2 aliphatic heterocycles. The van der Waals surface area contributed by atoms with Gasteiger partial charge in [-0.2, -0.15) is 0 Å². The van der Waals surface area contributed by atoms with Crippen molar-refractivity contribution in [3.63, 3.8) is 0 Å². The molecule has 0 radical (unpaired) electrons. The van der Waals surface area contributed by atoms with Crippen LogP contribution in [0.15, 0.2) is 18.2 Å². The number of rotatable bonds is 3. The van der Waals surface area contributed by atoms with Crippen molar-refractivity contribution in [3.05, 3.63) is 28.8 Å². The van der Waals surface area contributed by atoms with Crippen LogP contribution in [0.1, 0.15) is 37.3 Å². The topological polar surface area (TPSA) is 41.6 Å². The maximum Gasteiger partial charge on any atom is 0.237 e. The lowest BCUT2D eigenvalue weighted by molar-refractivity contribution is -0.128. The largest absolute Gasteiger partial charge is 0.492 e. The number of nitrogens with one attached hydrogen (secondary N) is 1. The molecule has 0 saturated carbocycles. The minimum Gasteiger partial charge on any atom is -0.492 e. The summed E-state index contributed by atoms with van der Waals surface area (Å²) >= 11 is 6.19. The number of benzene rings is 1. The van der Waals surface area contributed by atoms with E-state index >= 15 is 0 Å². The number of para-hydroxylation sites is 1. The molecule has 0 aliphatic carbocycles. The van der Waals surface area contributed by atoms with E-state index in [1.165, 1.54) is 0 Å². The van der Waals surface area contributed by atoms with E-state index in [1.807, 2.05) is 12.1 Å². The average Bonchev–Trinajstić information content (AvgIpc) is 2.56. The highest BCUT2D eigenvalue weighted by Gasteiger charge is 2.31.